The van der Waals surface area contributed by atoms with Gasteiger partial charge in [-0.3, -0.25) is 9.25 Å². The fourth-order valence-corrected chi connectivity index (χ4v) is 1.79. The van der Waals surface area contributed by atoms with E-state index in [2.05, 4.69) is 35.7 Å². The molecule has 108 valence electrons. The van der Waals surface area contributed by atoms with E-state index in [1.54, 1.807) is 41.2 Å². The maximum Gasteiger partial charge on any atom is 0.241 e. The molecule has 0 aliphatic rings. The van der Waals surface area contributed by atoms with Crippen molar-refractivity contribution in [2.24, 2.45) is 7.05 Å². The zero-order chi connectivity index (χ0) is 14.7. The zero-order valence-corrected chi connectivity index (χ0v) is 11.7. The molecule has 0 aromatic carbocycles. The van der Waals surface area contributed by atoms with Crippen LogP contribution in [-0.4, -0.2) is 41.3 Å². The molecule has 0 radical (unpaired) electrons. The van der Waals surface area contributed by atoms with Crippen LogP contribution in [0.3, 0.4) is 0 Å². The Morgan fingerprint density at radius 1 is 1.14 bits per heavy atom. The Kier molecular flexibility index (Phi) is 3.46. The molecule has 0 unspecified atom stereocenters. The molecule has 0 amide bonds. The van der Waals surface area contributed by atoms with E-state index in [1.807, 2.05) is 13.1 Å². The molecule has 3 aromatic rings. The van der Waals surface area contributed by atoms with Crippen LogP contribution in [0.1, 0.15) is 5.69 Å². The van der Waals surface area contributed by atoms with Crippen molar-refractivity contribution in [1.29, 1.82) is 0 Å². The fraction of sp³-hybridized carbons (Fsp3) is 0.250. The summed E-state index contributed by atoms with van der Waals surface area (Å²) >= 11 is 0. The Balaban J connectivity index is 1.84. The average Bonchev–Trinajstić information content (AvgIpc) is 3.16. The van der Waals surface area contributed by atoms with Crippen molar-refractivity contribution in [2.75, 3.05) is 17.7 Å². The Morgan fingerprint density at radius 2 is 2.00 bits per heavy atom. The number of nitrogens with one attached hydrogen (secondary N) is 2. The molecule has 0 saturated heterocycles. The van der Waals surface area contributed by atoms with Crippen molar-refractivity contribution < 1.29 is 0 Å². The first kappa shape index (κ1) is 13.0. The number of hydrogen-bond donors (Lipinski definition) is 2. The highest BCUT2D eigenvalue weighted by molar-refractivity contribution is 5.37. The minimum Gasteiger partial charge on any atom is -0.357 e. The molecule has 0 spiro atoms. The summed E-state index contributed by atoms with van der Waals surface area (Å²) in [6.07, 6.45) is 6.84. The number of imidazole rings is 1. The molecule has 0 aliphatic carbocycles. The summed E-state index contributed by atoms with van der Waals surface area (Å²) in [4.78, 5) is 16.9. The second kappa shape index (κ2) is 5.57. The van der Waals surface area contributed by atoms with Crippen LogP contribution in [0.5, 0.6) is 0 Å². The van der Waals surface area contributed by atoms with Gasteiger partial charge in [0.2, 0.25) is 17.8 Å². The third kappa shape index (κ3) is 2.81. The summed E-state index contributed by atoms with van der Waals surface area (Å²) in [5, 5.41) is 10.2. The largest absolute Gasteiger partial charge is 0.357 e. The first-order valence-corrected chi connectivity index (χ1v) is 6.39. The normalized spacial score (nSPS) is 10.6. The number of hydrogen-bond acceptors (Lipinski definition) is 7. The average molecular weight is 285 g/mol. The van der Waals surface area contributed by atoms with Crippen molar-refractivity contribution in [1.82, 2.24) is 34.3 Å². The van der Waals surface area contributed by atoms with Gasteiger partial charge in [0.05, 0.1) is 12.2 Å². The van der Waals surface area contributed by atoms with Gasteiger partial charge in [-0.2, -0.15) is 20.1 Å². The highest BCUT2D eigenvalue weighted by Gasteiger charge is 2.07. The molecule has 0 saturated carbocycles. The highest BCUT2D eigenvalue weighted by Crippen LogP contribution is 2.10. The monoisotopic (exact) mass is 285 g/mol. The van der Waals surface area contributed by atoms with Gasteiger partial charge in [0.1, 0.15) is 6.33 Å². The summed E-state index contributed by atoms with van der Waals surface area (Å²) in [6.45, 7) is 0.576. The fourth-order valence-electron chi connectivity index (χ4n) is 1.79. The SMILES string of the molecule is CNc1nc(NCc2ccnn2C)nc(-n2ccnc2)n1. The number of anilines is 2. The van der Waals surface area contributed by atoms with Crippen molar-refractivity contribution in [3.05, 3.63) is 36.7 Å². The molecule has 9 nitrogen and oxygen atoms in total. The van der Waals surface area contributed by atoms with Crippen LogP contribution in [-0.2, 0) is 13.6 Å². The quantitative estimate of drug-likeness (QED) is 0.702. The van der Waals surface area contributed by atoms with Crippen LogP contribution >= 0.6 is 0 Å². The van der Waals surface area contributed by atoms with Gasteiger partial charge in [-0.1, -0.05) is 0 Å². The van der Waals surface area contributed by atoms with Gasteiger partial charge in [0, 0.05) is 32.7 Å². The standard InChI is InChI=1S/C12H15N9/c1-13-10-17-11(15-7-9-3-4-16-20(9)2)19-12(18-10)21-6-5-14-8-21/h3-6,8H,7H2,1-2H3,(H2,13,15,17,18,19). The Bertz CT molecular complexity index is 716. The van der Waals surface area contributed by atoms with E-state index in [4.69, 9.17) is 0 Å². The number of rotatable bonds is 5. The van der Waals surface area contributed by atoms with Crippen molar-refractivity contribution in [3.8, 4) is 5.95 Å². The van der Waals surface area contributed by atoms with E-state index in [9.17, 15) is 0 Å². The summed E-state index contributed by atoms with van der Waals surface area (Å²) in [6, 6.07) is 1.93. The van der Waals surface area contributed by atoms with Crippen molar-refractivity contribution in [3.63, 3.8) is 0 Å². The Hall–Kier alpha value is -2.97. The predicted octanol–water partition coefficient (Wildman–Crippen LogP) is 0.445. The molecule has 2 N–H and O–H groups in total. The lowest BCUT2D eigenvalue weighted by Gasteiger charge is -2.09. The topological polar surface area (TPSA) is 98.4 Å². The lowest BCUT2D eigenvalue weighted by atomic mass is 10.4. The molecule has 9 heteroatoms. The predicted molar refractivity (Wildman–Crippen MR) is 77.0 cm³/mol. The first-order valence-electron chi connectivity index (χ1n) is 6.39. The lowest BCUT2D eigenvalue weighted by molar-refractivity contribution is 0.718. The van der Waals surface area contributed by atoms with Crippen LogP contribution < -0.4 is 10.6 Å². The number of aromatic nitrogens is 7. The Labute approximate surface area is 121 Å². The zero-order valence-electron chi connectivity index (χ0n) is 11.7. The van der Waals surface area contributed by atoms with Gasteiger partial charge in [0.25, 0.3) is 0 Å². The molecular weight excluding hydrogens is 270 g/mol. The molecule has 0 bridgehead atoms. The molecule has 21 heavy (non-hydrogen) atoms. The van der Waals surface area contributed by atoms with E-state index in [0.29, 0.717) is 24.4 Å². The van der Waals surface area contributed by atoms with Crippen LogP contribution in [0.15, 0.2) is 31.0 Å². The van der Waals surface area contributed by atoms with Crippen LogP contribution in [0.2, 0.25) is 0 Å². The molecule has 0 fully saturated rings. The van der Waals surface area contributed by atoms with Gasteiger partial charge in [-0.05, 0) is 6.07 Å². The van der Waals surface area contributed by atoms with Crippen LogP contribution in [0, 0.1) is 0 Å². The number of nitrogens with zero attached hydrogens (tertiary/aromatic N) is 7. The summed E-state index contributed by atoms with van der Waals surface area (Å²) in [5.74, 6) is 1.47. The van der Waals surface area contributed by atoms with Gasteiger partial charge < -0.3 is 10.6 Å². The molecule has 3 heterocycles. The van der Waals surface area contributed by atoms with Gasteiger partial charge in [-0.25, -0.2) is 4.98 Å². The van der Waals surface area contributed by atoms with E-state index in [1.165, 1.54) is 0 Å². The maximum absolute atomic E-state index is 4.37. The minimum atomic E-state index is 0.485. The highest BCUT2D eigenvalue weighted by atomic mass is 15.3. The Morgan fingerprint density at radius 3 is 2.67 bits per heavy atom. The molecular formula is C12H15N9. The number of aryl methyl sites for hydroxylation is 1. The molecule has 0 atom stereocenters. The third-order valence-corrected chi connectivity index (χ3v) is 2.93. The molecule has 3 aromatic heterocycles. The maximum atomic E-state index is 4.37. The second-order valence-electron chi connectivity index (χ2n) is 4.30. The van der Waals surface area contributed by atoms with Gasteiger partial charge in [-0.15, -0.1) is 0 Å². The van der Waals surface area contributed by atoms with E-state index < -0.39 is 0 Å². The summed E-state index contributed by atoms with van der Waals surface area (Å²) < 4.78 is 3.52. The molecule has 3 rings (SSSR count). The van der Waals surface area contributed by atoms with Crippen molar-refractivity contribution in [2.45, 2.75) is 6.54 Å². The van der Waals surface area contributed by atoms with E-state index in [0.717, 1.165) is 5.69 Å². The second-order valence-corrected chi connectivity index (χ2v) is 4.30. The summed E-state index contributed by atoms with van der Waals surface area (Å²) in [7, 11) is 3.65. The van der Waals surface area contributed by atoms with Crippen molar-refractivity contribution >= 4 is 11.9 Å². The summed E-state index contributed by atoms with van der Waals surface area (Å²) in [5.41, 5.74) is 1.03. The van der Waals surface area contributed by atoms with Gasteiger partial charge in [0.15, 0.2) is 0 Å². The lowest BCUT2D eigenvalue weighted by Crippen LogP contribution is -2.12. The molecule has 0 aliphatic heterocycles. The first-order chi connectivity index (χ1) is 10.3. The minimum absolute atomic E-state index is 0.485. The smallest absolute Gasteiger partial charge is 0.241 e. The van der Waals surface area contributed by atoms with E-state index >= 15 is 0 Å². The van der Waals surface area contributed by atoms with Gasteiger partial charge >= 0.3 is 0 Å². The van der Waals surface area contributed by atoms with E-state index in [-0.39, 0.29) is 0 Å². The van der Waals surface area contributed by atoms with Crippen LogP contribution in [0.25, 0.3) is 5.95 Å². The van der Waals surface area contributed by atoms with Crippen LogP contribution in [0.4, 0.5) is 11.9 Å². The third-order valence-electron chi connectivity index (χ3n) is 2.93.